The lowest BCUT2D eigenvalue weighted by molar-refractivity contribution is 0.132. The number of hydrogen-bond donors (Lipinski definition) is 0. The van der Waals surface area contributed by atoms with E-state index in [0.29, 0.717) is 12.5 Å². The van der Waals surface area contributed by atoms with Crippen LogP contribution in [0, 0.1) is 29.1 Å². The van der Waals surface area contributed by atoms with Crippen LogP contribution in [-0.4, -0.2) is 36.1 Å². The summed E-state index contributed by atoms with van der Waals surface area (Å²) in [4.78, 5) is 12.4. The topological polar surface area (TPSA) is 51.8 Å². The van der Waals surface area contributed by atoms with Crippen LogP contribution in [0.4, 0.5) is 0 Å². The van der Waals surface area contributed by atoms with Crippen molar-refractivity contribution in [3.05, 3.63) is 82.4 Å². The van der Waals surface area contributed by atoms with Crippen molar-refractivity contribution in [1.82, 2.24) is 4.90 Å². The molecule has 2 atom stereocenters. The zero-order chi connectivity index (χ0) is 25.2. The van der Waals surface area contributed by atoms with Gasteiger partial charge in [0.15, 0.2) is 5.84 Å². The molecule has 4 nitrogen and oxygen atoms in total. The van der Waals surface area contributed by atoms with E-state index in [4.69, 9.17) is 9.98 Å². The summed E-state index contributed by atoms with van der Waals surface area (Å²) < 4.78 is 0. The number of piperidine rings is 1. The van der Waals surface area contributed by atoms with Crippen LogP contribution in [0.15, 0.2) is 64.6 Å². The molecule has 3 aromatic rings. The smallest absolute Gasteiger partial charge is 0.155 e. The van der Waals surface area contributed by atoms with Crippen molar-refractivity contribution in [1.29, 1.82) is 5.26 Å². The van der Waals surface area contributed by atoms with Gasteiger partial charge in [-0.05, 0) is 70.7 Å². The Balaban J connectivity index is 1.42. The van der Waals surface area contributed by atoms with Gasteiger partial charge in [0.2, 0.25) is 0 Å². The van der Waals surface area contributed by atoms with Gasteiger partial charge in [-0.3, -0.25) is 9.89 Å². The number of aliphatic imine (C=N–C) groups is 2. The van der Waals surface area contributed by atoms with Crippen molar-refractivity contribution in [3.8, 4) is 6.07 Å². The second kappa shape index (κ2) is 10.4. The predicted molar refractivity (Wildman–Crippen MR) is 150 cm³/mol. The first kappa shape index (κ1) is 24.4. The van der Waals surface area contributed by atoms with Gasteiger partial charge in [-0.2, -0.15) is 5.26 Å². The average molecular weight is 477 g/mol. The number of fused-ring (bicyclic) bond motifs is 1. The fourth-order valence-corrected chi connectivity index (χ4v) is 5.56. The summed E-state index contributed by atoms with van der Waals surface area (Å²) in [6, 6.07) is 21.7. The third-order valence-corrected chi connectivity index (χ3v) is 7.88. The Kier molecular flexibility index (Phi) is 7.03. The van der Waals surface area contributed by atoms with Crippen LogP contribution < -0.4 is 0 Å². The molecular weight excluding hydrogens is 440 g/mol. The van der Waals surface area contributed by atoms with Crippen molar-refractivity contribution in [2.24, 2.45) is 27.7 Å². The molecule has 4 heteroatoms. The first-order valence-corrected chi connectivity index (χ1v) is 13.3. The molecule has 0 radical (unpaired) electrons. The van der Waals surface area contributed by atoms with E-state index >= 15 is 0 Å². The predicted octanol–water partition coefficient (Wildman–Crippen LogP) is 6.64. The van der Waals surface area contributed by atoms with Crippen LogP contribution in [-0.2, 0) is 13.0 Å². The molecule has 1 saturated heterocycles. The summed E-state index contributed by atoms with van der Waals surface area (Å²) in [6.07, 6.45) is 2.18. The highest BCUT2D eigenvalue weighted by Gasteiger charge is 2.24. The summed E-state index contributed by atoms with van der Waals surface area (Å²) in [5.41, 5.74) is 6.23. The zero-order valence-electron chi connectivity index (χ0n) is 22.0. The van der Waals surface area contributed by atoms with Crippen molar-refractivity contribution in [2.45, 2.75) is 47.1 Å². The normalized spacial score (nSPS) is 20.4. The minimum absolute atomic E-state index is 0.514. The summed E-state index contributed by atoms with van der Waals surface area (Å²) >= 11 is 0. The lowest BCUT2D eigenvalue weighted by Gasteiger charge is -2.35. The number of amidine groups is 1. The van der Waals surface area contributed by atoms with Gasteiger partial charge in [-0.25, -0.2) is 4.99 Å². The first-order chi connectivity index (χ1) is 17.4. The second-order valence-corrected chi connectivity index (χ2v) is 11.1. The standard InChI is InChI=1S/C32H36N4/c1-21(2)15-24-9-10-25(16-27(24)17-33)31-18-34-32(35-31)30-12-11-26(28-7-5-6-8-29(28)30)20-36-14-13-22(3)23(4)19-36/h5-12,16,21-23H,13-15,18-20H2,1-4H3. The highest BCUT2D eigenvalue weighted by Crippen LogP contribution is 2.29. The maximum absolute atomic E-state index is 9.70. The molecule has 3 aromatic carbocycles. The summed E-state index contributed by atoms with van der Waals surface area (Å²) in [5, 5.41) is 12.2. The van der Waals surface area contributed by atoms with Crippen molar-refractivity contribution >= 4 is 22.3 Å². The van der Waals surface area contributed by atoms with Crippen molar-refractivity contribution in [3.63, 3.8) is 0 Å². The van der Waals surface area contributed by atoms with Gasteiger partial charge in [-0.15, -0.1) is 0 Å². The molecule has 0 bridgehead atoms. The van der Waals surface area contributed by atoms with E-state index in [9.17, 15) is 5.26 Å². The van der Waals surface area contributed by atoms with Gasteiger partial charge in [0.25, 0.3) is 0 Å². The lowest BCUT2D eigenvalue weighted by atomic mass is 9.88. The second-order valence-electron chi connectivity index (χ2n) is 11.1. The molecule has 0 amide bonds. The quantitative estimate of drug-likeness (QED) is 0.400. The molecule has 0 aromatic heterocycles. The van der Waals surface area contributed by atoms with Crippen LogP contribution in [0.25, 0.3) is 10.8 Å². The highest BCUT2D eigenvalue weighted by molar-refractivity contribution is 6.21. The van der Waals surface area contributed by atoms with Gasteiger partial charge in [0.1, 0.15) is 0 Å². The lowest BCUT2D eigenvalue weighted by Crippen LogP contribution is -2.37. The largest absolute Gasteiger partial charge is 0.299 e. The summed E-state index contributed by atoms with van der Waals surface area (Å²) in [5.74, 6) is 2.85. The zero-order valence-corrected chi connectivity index (χ0v) is 22.0. The molecule has 5 rings (SSSR count). The van der Waals surface area contributed by atoms with Crippen LogP contribution in [0.3, 0.4) is 0 Å². The molecule has 184 valence electrons. The summed E-state index contributed by atoms with van der Waals surface area (Å²) in [7, 11) is 0. The Morgan fingerprint density at radius 3 is 2.53 bits per heavy atom. The minimum atomic E-state index is 0.514. The number of likely N-dealkylation sites (tertiary alicyclic amines) is 1. The summed E-state index contributed by atoms with van der Waals surface area (Å²) in [6.45, 7) is 13.0. The van der Waals surface area contributed by atoms with Gasteiger partial charge in [0.05, 0.1) is 23.9 Å². The fourth-order valence-electron chi connectivity index (χ4n) is 5.56. The molecule has 2 unspecified atom stereocenters. The molecule has 2 aliphatic rings. The van der Waals surface area contributed by atoms with Crippen LogP contribution >= 0.6 is 0 Å². The molecule has 36 heavy (non-hydrogen) atoms. The molecular formula is C32H36N4. The van der Waals surface area contributed by atoms with Crippen LogP contribution in [0.1, 0.15) is 61.9 Å². The van der Waals surface area contributed by atoms with E-state index in [0.717, 1.165) is 65.1 Å². The van der Waals surface area contributed by atoms with Gasteiger partial charge in [-0.1, -0.05) is 76.2 Å². The average Bonchev–Trinajstić information content (AvgIpc) is 3.36. The molecule has 0 spiro atoms. The fraction of sp³-hybridized carbons (Fsp3) is 0.406. The van der Waals surface area contributed by atoms with E-state index < -0.39 is 0 Å². The molecule has 0 saturated carbocycles. The van der Waals surface area contributed by atoms with Crippen molar-refractivity contribution < 1.29 is 0 Å². The first-order valence-electron chi connectivity index (χ1n) is 13.3. The Morgan fingerprint density at radius 2 is 1.78 bits per heavy atom. The van der Waals surface area contributed by atoms with E-state index in [1.54, 1.807) is 0 Å². The third kappa shape index (κ3) is 4.99. The molecule has 0 aliphatic carbocycles. The Hall–Kier alpha value is -3.29. The van der Waals surface area contributed by atoms with Gasteiger partial charge >= 0.3 is 0 Å². The van der Waals surface area contributed by atoms with Gasteiger partial charge < -0.3 is 0 Å². The monoisotopic (exact) mass is 476 g/mol. The Morgan fingerprint density at radius 1 is 1.00 bits per heavy atom. The molecule has 2 aliphatic heterocycles. The van der Waals surface area contributed by atoms with Gasteiger partial charge in [0, 0.05) is 18.7 Å². The van der Waals surface area contributed by atoms with E-state index in [1.165, 1.54) is 29.3 Å². The van der Waals surface area contributed by atoms with Crippen LogP contribution in [0.2, 0.25) is 0 Å². The maximum atomic E-state index is 9.70. The number of benzene rings is 3. The number of nitriles is 1. The molecule has 2 heterocycles. The SMILES string of the molecule is CC(C)Cc1ccc(C2=NC(c3ccc(CN4CCC(C)C(C)C4)c4ccccc34)=NC2)cc1C#N. The minimum Gasteiger partial charge on any atom is -0.299 e. The third-order valence-electron chi connectivity index (χ3n) is 7.88. The Bertz CT molecular complexity index is 1370. The number of hydrogen-bond acceptors (Lipinski definition) is 4. The number of nitrogens with zero attached hydrogens (tertiary/aromatic N) is 4. The number of rotatable bonds is 6. The van der Waals surface area contributed by atoms with Crippen LogP contribution in [0.5, 0.6) is 0 Å². The maximum Gasteiger partial charge on any atom is 0.155 e. The van der Waals surface area contributed by atoms with Crippen molar-refractivity contribution in [2.75, 3.05) is 19.6 Å². The highest BCUT2D eigenvalue weighted by atomic mass is 15.1. The van der Waals surface area contributed by atoms with E-state index in [1.807, 2.05) is 6.07 Å². The molecule has 1 fully saturated rings. The Labute approximate surface area is 215 Å². The molecule has 0 N–H and O–H groups in total. The van der Waals surface area contributed by atoms with E-state index in [2.05, 4.69) is 87.2 Å². The van der Waals surface area contributed by atoms with E-state index in [-0.39, 0.29) is 0 Å².